The summed E-state index contributed by atoms with van der Waals surface area (Å²) >= 11 is 1.73. The van der Waals surface area contributed by atoms with Crippen LogP contribution in [0.4, 0.5) is 5.82 Å². The molecule has 2 aromatic heterocycles. The molecular weight excluding hydrogens is 334 g/mol. The Hall–Kier alpha value is -1.57. The van der Waals surface area contributed by atoms with Crippen molar-refractivity contribution in [2.24, 2.45) is 5.41 Å². The molecule has 1 unspecified atom stereocenters. The Morgan fingerprint density at radius 3 is 3.04 bits per heavy atom. The van der Waals surface area contributed by atoms with Crippen molar-refractivity contribution in [3.05, 3.63) is 34.7 Å². The standard InChI is InChI=1S/C18H25N5OS/c1-15-21-16(11-25-15)10-22-7-8-24-14-18(12-22)3-2-6-23(13-18)17-9-19-4-5-20-17/h4-5,9,11H,2-3,6-8,10,12-14H2,1H3. The minimum Gasteiger partial charge on any atom is -0.379 e. The van der Waals surface area contributed by atoms with Crippen molar-refractivity contribution in [2.75, 3.05) is 44.3 Å². The third-order valence-corrected chi connectivity index (χ3v) is 5.93. The Morgan fingerprint density at radius 1 is 1.28 bits per heavy atom. The largest absolute Gasteiger partial charge is 0.379 e. The van der Waals surface area contributed by atoms with Crippen LogP contribution in [0.25, 0.3) is 0 Å². The summed E-state index contributed by atoms with van der Waals surface area (Å²) in [4.78, 5) is 18.3. The van der Waals surface area contributed by atoms with Gasteiger partial charge in [0.1, 0.15) is 5.82 Å². The number of rotatable bonds is 3. The first kappa shape index (κ1) is 16.9. The Kier molecular flexibility index (Phi) is 4.96. The topological polar surface area (TPSA) is 54.4 Å². The van der Waals surface area contributed by atoms with Crippen molar-refractivity contribution in [1.82, 2.24) is 19.9 Å². The van der Waals surface area contributed by atoms with Crippen LogP contribution in [0.1, 0.15) is 23.5 Å². The monoisotopic (exact) mass is 359 g/mol. The van der Waals surface area contributed by atoms with Crippen molar-refractivity contribution in [3.63, 3.8) is 0 Å². The maximum absolute atomic E-state index is 6.02. The summed E-state index contributed by atoms with van der Waals surface area (Å²) in [7, 11) is 0. The van der Waals surface area contributed by atoms with E-state index < -0.39 is 0 Å². The van der Waals surface area contributed by atoms with E-state index in [2.05, 4.69) is 37.1 Å². The van der Waals surface area contributed by atoms with Gasteiger partial charge < -0.3 is 9.64 Å². The highest BCUT2D eigenvalue weighted by atomic mass is 32.1. The lowest BCUT2D eigenvalue weighted by atomic mass is 9.80. The van der Waals surface area contributed by atoms with Crippen LogP contribution in [0.5, 0.6) is 0 Å². The van der Waals surface area contributed by atoms with Gasteiger partial charge in [0.25, 0.3) is 0 Å². The smallest absolute Gasteiger partial charge is 0.147 e. The summed E-state index contributed by atoms with van der Waals surface area (Å²) in [5.74, 6) is 0.979. The van der Waals surface area contributed by atoms with E-state index in [-0.39, 0.29) is 5.41 Å². The van der Waals surface area contributed by atoms with Crippen molar-refractivity contribution >= 4 is 17.2 Å². The van der Waals surface area contributed by atoms with Gasteiger partial charge in [-0.2, -0.15) is 0 Å². The molecule has 1 atom stereocenters. The molecular formula is C18H25N5OS. The molecule has 0 aliphatic carbocycles. The summed E-state index contributed by atoms with van der Waals surface area (Å²) in [5, 5.41) is 3.32. The number of ether oxygens (including phenoxy) is 1. The molecule has 0 amide bonds. The van der Waals surface area contributed by atoms with E-state index >= 15 is 0 Å². The first-order valence-corrected chi connectivity index (χ1v) is 9.83. The number of hydrogen-bond acceptors (Lipinski definition) is 7. The third-order valence-electron chi connectivity index (χ3n) is 5.11. The number of nitrogens with zero attached hydrogens (tertiary/aromatic N) is 5. The fourth-order valence-corrected chi connectivity index (χ4v) is 4.63. The first-order chi connectivity index (χ1) is 12.2. The molecule has 0 N–H and O–H groups in total. The summed E-state index contributed by atoms with van der Waals surface area (Å²) < 4.78 is 6.02. The van der Waals surface area contributed by atoms with Crippen LogP contribution in [0.15, 0.2) is 24.0 Å². The Labute approximate surface area is 152 Å². The van der Waals surface area contributed by atoms with E-state index in [1.165, 1.54) is 18.5 Å². The van der Waals surface area contributed by atoms with Crippen molar-refractivity contribution in [2.45, 2.75) is 26.3 Å². The van der Waals surface area contributed by atoms with Crippen LogP contribution in [0, 0.1) is 12.3 Å². The van der Waals surface area contributed by atoms with E-state index in [9.17, 15) is 0 Å². The van der Waals surface area contributed by atoms with Crippen LogP contribution in [0.3, 0.4) is 0 Å². The third kappa shape index (κ3) is 3.99. The van der Waals surface area contributed by atoms with Gasteiger partial charge in [0.05, 0.1) is 30.1 Å². The highest BCUT2D eigenvalue weighted by Crippen LogP contribution is 2.34. The molecule has 7 heteroatoms. The van der Waals surface area contributed by atoms with E-state index in [1.807, 2.05) is 6.20 Å². The maximum Gasteiger partial charge on any atom is 0.147 e. The average molecular weight is 359 g/mol. The molecule has 25 heavy (non-hydrogen) atoms. The van der Waals surface area contributed by atoms with Gasteiger partial charge in [-0.1, -0.05) is 0 Å². The molecule has 2 fully saturated rings. The summed E-state index contributed by atoms with van der Waals surface area (Å²) in [5.41, 5.74) is 1.35. The lowest BCUT2D eigenvalue weighted by Crippen LogP contribution is -2.50. The van der Waals surface area contributed by atoms with Gasteiger partial charge >= 0.3 is 0 Å². The molecule has 0 aromatic carbocycles. The summed E-state index contributed by atoms with van der Waals surface area (Å²) in [6.45, 7) is 8.68. The Bertz CT molecular complexity index is 694. The molecule has 0 radical (unpaired) electrons. The van der Waals surface area contributed by atoms with Crippen LogP contribution < -0.4 is 4.90 Å². The molecule has 2 aromatic rings. The van der Waals surface area contributed by atoms with Gasteiger partial charge in [-0.05, 0) is 19.8 Å². The van der Waals surface area contributed by atoms with Crippen molar-refractivity contribution < 1.29 is 4.74 Å². The van der Waals surface area contributed by atoms with Crippen LogP contribution in [-0.4, -0.2) is 59.2 Å². The summed E-state index contributed by atoms with van der Waals surface area (Å²) in [6, 6.07) is 0. The quantitative estimate of drug-likeness (QED) is 0.839. The number of aryl methyl sites for hydroxylation is 1. The molecule has 4 rings (SSSR count). The lowest BCUT2D eigenvalue weighted by Gasteiger charge is -2.44. The van der Waals surface area contributed by atoms with Crippen LogP contribution in [0.2, 0.25) is 0 Å². The van der Waals surface area contributed by atoms with Gasteiger partial charge in [-0.3, -0.25) is 9.88 Å². The molecule has 1 spiro atoms. The van der Waals surface area contributed by atoms with E-state index in [0.717, 1.165) is 56.8 Å². The Morgan fingerprint density at radius 2 is 2.24 bits per heavy atom. The van der Waals surface area contributed by atoms with Gasteiger partial charge in [0, 0.05) is 55.9 Å². The highest BCUT2D eigenvalue weighted by molar-refractivity contribution is 7.09. The SMILES string of the molecule is Cc1nc(CN2CCOCC3(CCCN(c4cnccn4)C3)C2)cs1. The average Bonchev–Trinajstić information content (AvgIpc) is 2.94. The molecule has 2 saturated heterocycles. The second-order valence-electron chi connectivity index (χ2n) is 7.21. The molecule has 2 aliphatic heterocycles. The number of thiazole rings is 1. The number of piperidine rings is 1. The minimum absolute atomic E-state index is 0.164. The van der Waals surface area contributed by atoms with Crippen molar-refractivity contribution in [1.29, 1.82) is 0 Å². The molecule has 4 heterocycles. The lowest BCUT2D eigenvalue weighted by molar-refractivity contribution is 0.0555. The molecule has 0 saturated carbocycles. The van der Waals surface area contributed by atoms with E-state index in [4.69, 9.17) is 4.74 Å². The Balaban J connectivity index is 1.48. The predicted octanol–water partition coefficient (Wildman–Crippen LogP) is 2.36. The van der Waals surface area contributed by atoms with Gasteiger partial charge in [-0.15, -0.1) is 11.3 Å². The highest BCUT2D eigenvalue weighted by Gasteiger charge is 2.39. The zero-order chi connectivity index (χ0) is 17.1. The van der Waals surface area contributed by atoms with E-state index in [0.29, 0.717) is 0 Å². The molecule has 6 nitrogen and oxygen atoms in total. The predicted molar refractivity (Wildman–Crippen MR) is 98.9 cm³/mol. The second kappa shape index (κ2) is 7.35. The number of hydrogen-bond donors (Lipinski definition) is 0. The zero-order valence-corrected chi connectivity index (χ0v) is 15.5. The van der Waals surface area contributed by atoms with Crippen molar-refractivity contribution in [3.8, 4) is 0 Å². The molecule has 134 valence electrons. The van der Waals surface area contributed by atoms with Gasteiger partial charge in [-0.25, -0.2) is 9.97 Å². The van der Waals surface area contributed by atoms with Gasteiger partial charge in [0.2, 0.25) is 0 Å². The molecule has 2 aliphatic rings. The number of aromatic nitrogens is 3. The van der Waals surface area contributed by atoms with Crippen LogP contribution in [-0.2, 0) is 11.3 Å². The second-order valence-corrected chi connectivity index (χ2v) is 8.27. The fraction of sp³-hybridized carbons (Fsp3) is 0.611. The van der Waals surface area contributed by atoms with E-state index in [1.54, 1.807) is 23.7 Å². The minimum atomic E-state index is 0.164. The van der Waals surface area contributed by atoms with Gasteiger partial charge in [0.15, 0.2) is 0 Å². The normalized spacial score (nSPS) is 25.2. The van der Waals surface area contributed by atoms with Crippen LogP contribution >= 0.6 is 11.3 Å². The summed E-state index contributed by atoms with van der Waals surface area (Å²) in [6.07, 6.45) is 7.75. The zero-order valence-electron chi connectivity index (χ0n) is 14.7. The maximum atomic E-state index is 6.02. The fourth-order valence-electron chi connectivity index (χ4n) is 4.03. The first-order valence-electron chi connectivity index (χ1n) is 8.95. The number of anilines is 1. The molecule has 0 bridgehead atoms.